The van der Waals surface area contributed by atoms with Gasteiger partial charge in [-0.2, -0.15) is 0 Å². The van der Waals surface area contributed by atoms with E-state index in [-0.39, 0.29) is 0 Å². The second-order valence-electron chi connectivity index (χ2n) is 3.59. The van der Waals surface area contributed by atoms with Crippen molar-refractivity contribution in [2.45, 2.75) is 18.8 Å². The second-order valence-corrected chi connectivity index (χ2v) is 4.03. The van der Waals surface area contributed by atoms with E-state index in [1.807, 2.05) is 12.1 Å². The molecule has 13 heavy (non-hydrogen) atoms. The van der Waals surface area contributed by atoms with Crippen molar-refractivity contribution in [3.8, 4) is 0 Å². The minimum atomic E-state index is 0.686. The number of hydrogen-bond donors (Lipinski definition) is 1. The monoisotopic (exact) mass is 195 g/mol. The lowest BCUT2D eigenvalue weighted by atomic mass is 9.92. The van der Waals surface area contributed by atoms with Gasteiger partial charge in [0.05, 0.1) is 0 Å². The molecule has 1 nitrogen and oxygen atoms in total. The zero-order valence-electron chi connectivity index (χ0n) is 7.59. The molecular formula is C11H14ClN. The van der Waals surface area contributed by atoms with Gasteiger partial charge in [0, 0.05) is 11.6 Å². The van der Waals surface area contributed by atoms with E-state index in [9.17, 15) is 0 Å². The quantitative estimate of drug-likeness (QED) is 0.727. The van der Waals surface area contributed by atoms with E-state index in [4.69, 9.17) is 11.6 Å². The zero-order valence-corrected chi connectivity index (χ0v) is 8.35. The smallest absolute Gasteiger partial charge is 0.0406 e. The average Bonchev–Trinajstić information content (AvgIpc) is 2.20. The lowest BCUT2D eigenvalue weighted by Crippen LogP contribution is -2.28. The van der Waals surface area contributed by atoms with Crippen molar-refractivity contribution in [3.05, 3.63) is 34.9 Å². The van der Waals surface area contributed by atoms with Crippen LogP contribution in [0, 0.1) is 0 Å². The van der Waals surface area contributed by atoms with Gasteiger partial charge in [-0.15, -0.1) is 0 Å². The minimum absolute atomic E-state index is 0.686. The summed E-state index contributed by atoms with van der Waals surface area (Å²) >= 11 is 5.83. The van der Waals surface area contributed by atoms with Gasteiger partial charge in [0.2, 0.25) is 0 Å². The summed E-state index contributed by atoms with van der Waals surface area (Å²) in [5.74, 6) is 0.686. The Hall–Kier alpha value is -0.530. The van der Waals surface area contributed by atoms with Crippen LogP contribution in [0.25, 0.3) is 0 Å². The van der Waals surface area contributed by atoms with E-state index in [2.05, 4.69) is 17.4 Å². The third-order valence-corrected chi connectivity index (χ3v) is 2.89. The van der Waals surface area contributed by atoms with Crippen LogP contribution in [0.4, 0.5) is 0 Å². The summed E-state index contributed by atoms with van der Waals surface area (Å²) in [6, 6.07) is 8.23. The lowest BCUT2D eigenvalue weighted by molar-refractivity contribution is 0.461. The SMILES string of the molecule is Clc1ccc([C@H]2CCCNC2)cc1. The summed E-state index contributed by atoms with van der Waals surface area (Å²) in [5.41, 5.74) is 1.41. The molecule has 0 spiro atoms. The largest absolute Gasteiger partial charge is 0.316 e. The van der Waals surface area contributed by atoms with Crippen LogP contribution in [0.3, 0.4) is 0 Å². The van der Waals surface area contributed by atoms with Gasteiger partial charge in [-0.05, 0) is 43.0 Å². The molecule has 1 N–H and O–H groups in total. The van der Waals surface area contributed by atoms with Crippen LogP contribution in [0.2, 0.25) is 5.02 Å². The molecule has 1 aromatic carbocycles. The van der Waals surface area contributed by atoms with Crippen LogP contribution in [-0.2, 0) is 0 Å². The van der Waals surface area contributed by atoms with E-state index in [1.54, 1.807) is 0 Å². The topological polar surface area (TPSA) is 12.0 Å². The highest BCUT2D eigenvalue weighted by Gasteiger charge is 2.14. The van der Waals surface area contributed by atoms with Crippen molar-refractivity contribution in [2.75, 3.05) is 13.1 Å². The van der Waals surface area contributed by atoms with Crippen LogP contribution in [-0.4, -0.2) is 13.1 Å². The van der Waals surface area contributed by atoms with E-state index < -0.39 is 0 Å². The molecule has 0 amide bonds. The van der Waals surface area contributed by atoms with Gasteiger partial charge in [-0.3, -0.25) is 0 Å². The van der Waals surface area contributed by atoms with E-state index in [1.165, 1.54) is 24.9 Å². The van der Waals surface area contributed by atoms with Crippen molar-refractivity contribution in [2.24, 2.45) is 0 Å². The standard InChI is InChI=1S/C11H14ClN/c12-11-5-3-9(4-6-11)10-2-1-7-13-8-10/h3-6,10,13H,1-2,7-8H2/t10-/m0/s1. The Morgan fingerprint density at radius 1 is 1.23 bits per heavy atom. The Kier molecular flexibility index (Phi) is 2.87. The number of rotatable bonds is 1. The highest BCUT2D eigenvalue weighted by atomic mass is 35.5. The van der Waals surface area contributed by atoms with Crippen molar-refractivity contribution in [1.82, 2.24) is 5.32 Å². The summed E-state index contributed by atoms with van der Waals surface area (Å²) in [4.78, 5) is 0. The van der Waals surface area contributed by atoms with Crippen LogP contribution in [0.5, 0.6) is 0 Å². The maximum Gasteiger partial charge on any atom is 0.0406 e. The first-order valence-corrected chi connectivity index (χ1v) is 5.20. The molecule has 0 bridgehead atoms. The first kappa shape index (κ1) is 9.04. The number of nitrogens with one attached hydrogen (secondary N) is 1. The predicted octanol–water partition coefficient (Wildman–Crippen LogP) is 2.81. The molecule has 0 radical (unpaired) electrons. The van der Waals surface area contributed by atoms with Gasteiger partial charge in [-0.25, -0.2) is 0 Å². The van der Waals surface area contributed by atoms with Crippen molar-refractivity contribution < 1.29 is 0 Å². The maximum absolute atomic E-state index is 5.83. The van der Waals surface area contributed by atoms with Crippen molar-refractivity contribution in [3.63, 3.8) is 0 Å². The van der Waals surface area contributed by atoms with E-state index in [0.29, 0.717) is 5.92 Å². The summed E-state index contributed by atoms with van der Waals surface area (Å²) in [6.45, 7) is 2.28. The van der Waals surface area contributed by atoms with Crippen molar-refractivity contribution in [1.29, 1.82) is 0 Å². The molecule has 2 rings (SSSR count). The number of hydrogen-bond acceptors (Lipinski definition) is 1. The molecule has 1 heterocycles. The van der Waals surface area contributed by atoms with Gasteiger partial charge in [0.25, 0.3) is 0 Å². The lowest BCUT2D eigenvalue weighted by Gasteiger charge is -2.22. The Bertz CT molecular complexity index is 262. The highest BCUT2D eigenvalue weighted by Crippen LogP contribution is 2.24. The fourth-order valence-corrected chi connectivity index (χ4v) is 2.00. The molecule has 0 saturated carbocycles. The number of piperidine rings is 1. The third kappa shape index (κ3) is 2.23. The van der Waals surface area contributed by atoms with E-state index >= 15 is 0 Å². The summed E-state index contributed by atoms with van der Waals surface area (Å²) in [7, 11) is 0. The van der Waals surface area contributed by atoms with E-state index in [0.717, 1.165) is 11.6 Å². The van der Waals surface area contributed by atoms with Gasteiger partial charge in [-0.1, -0.05) is 23.7 Å². The molecule has 1 aromatic rings. The van der Waals surface area contributed by atoms with Gasteiger partial charge in [0.15, 0.2) is 0 Å². The Morgan fingerprint density at radius 2 is 2.00 bits per heavy atom. The summed E-state index contributed by atoms with van der Waals surface area (Å²) in [5, 5.41) is 4.24. The van der Waals surface area contributed by atoms with Gasteiger partial charge >= 0.3 is 0 Å². The fourth-order valence-electron chi connectivity index (χ4n) is 1.87. The van der Waals surface area contributed by atoms with Crippen LogP contribution in [0.1, 0.15) is 24.3 Å². The van der Waals surface area contributed by atoms with Crippen molar-refractivity contribution >= 4 is 11.6 Å². The molecule has 1 aliphatic heterocycles. The zero-order chi connectivity index (χ0) is 9.10. The molecule has 0 aliphatic carbocycles. The Balaban J connectivity index is 2.10. The predicted molar refractivity (Wildman–Crippen MR) is 56.3 cm³/mol. The van der Waals surface area contributed by atoms with Crippen LogP contribution >= 0.6 is 11.6 Å². The molecule has 0 aromatic heterocycles. The van der Waals surface area contributed by atoms with Crippen LogP contribution in [0.15, 0.2) is 24.3 Å². The number of halogens is 1. The fraction of sp³-hybridized carbons (Fsp3) is 0.455. The minimum Gasteiger partial charge on any atom is -0.316 e. The first-order chi connectivity index (χ1) is 6.36. The van der Waals surface area contributed by atoms with Gasteiger partial charge in [0.1, 0.15) is 0 Å². The Morgan fingerprint density at radius 3 is 2.62 bits per heavy atom. The van der Waals surface area contributed by atoms with Gasteiger partial charge < -0.3 is 5.32 Å². The molecule has 1 atom stereocenters. The molecule has 1 fully saturated rings. The number of benzene rings is 1. The second kappa shape index (κ2) is 4.12. The molecule has 1 aliphatic rings. The van der Waals surface area contributed by atoms with Crippen LogP contribution < -0.4 is 5.32 Å². The molecule has 70 valence electrons. The average molecular weight is 196 g/mol. The Labute approximate surface area is 84.1 Å². The normalized spacial score (nSPS) is 23.0. The molecule has 1 saturated heterocycles. The maximum atomic E-state index is 5.83. The molecule has 2 heteroatoms. The summed E-state index contributed by atoms with van der Waals surface area (Å²) in [6.07, 6.45) is 2.59. The first-order valence-electron chi connectivity index (χ1n) is 4.82. The highest BCUT2D eigenvalue weighted by molar-refractivity contribution is 6.30. The third-order valence-electron chi connectivity index (χ3n) is 2.64. The molecular weight excluding hydrogens is 182 g/mol. The summed E-state index contributed by atoms with van der Waals surface area (Å²) < 4.78 is 0. The molecule has 0 unspecified atom stereocenters.